The molecule has 3 aromatic rings. The molecule has 0 atom stereocenters. The van der Waals surface area contributed by atoms with Crippen LogP contribution >= 0.6 is 23.6 Å². The summed E-state index contributed by atoms with van der Waals surface area (Å²) in [6.45, 7) is 6.28. The Morgan fingerprint density at radius 2 is 1.69 bits per heavy atom. The lowest BCUT2D eigenvalue weighted by molar-refractivity contribution is 0.0603. The molecule has 6 heteroatoms. The van der Waals surface area contributed by atoms with E-state index in [0.29, 0.717) is 21.6 Å². The van der Waals surface area contributed by atoms with E-state index in [2.05, 4.69) is 30.5 Å². The first-order chi connectivity index (χ1) is 13.9. The summed E-state index contributed by atoms with van der Waals surface area (Å²) in [5.74, 6) is -0.0260. The van der Waals surface area contributed by atoms with Crippen LogP contribution < -0.4 is 10.6 Å². The number of para-hydroxylation sites is 1. The largest absolute Gasteiger partial charge is 0.465 e. The van der Waals surface area contributed by atoms with Gasteiger partial charge < -0.3 is 15.4 Å². The Labute approximate surface area is 180 Å². The quantitative estimate of drug-likeness (QED) is 0.364. The van der Waals surface area contributed by atoms with E-state index in [0.717, 1.165) is 21.7 Å². The number of thiocarbonyl (C=S) groups is 1. The van der Waals surface area contributed by atoms with Crippen LogP contribution in [0.1, 0.15) is 40.6 Å². The summed E-state index contributed by atoms with van der Waals surface area (Å²) >= 11 is 7.04. The molecule has 29 heavy (non-hydrogen) atoms. The van der Waals surface area contributed by atoms with Gasteiger partial charge in [-0.2, -0.15) is 0 Å². The molecule has 3 rings (SSSR count). The molecule has 0 amide bonds. The highest BCUT2D eigenvalue weighted by atomic mass is 32.1. The molecule has 0 saturated carbocycles. The number of hydrogen-bond donors (Lipinski definition) is 2. The molecule has 4 nitrogen and oxygen atoms in total. The van der Waals surface area contributed by atoms with Crippen molar-refractivity contribution >= 4 is 45.3 Å². The Bertz CT molecular complexity index is 1030. The molecule has 150 valence electrons. The van der Waals surface area contributed by atoms with Crippen molar-refractivity contribution in [2.75, 3.05) is 17.7 Å². The second-order valence-electron chi connectivity index (χ2n) is 6.92. The van der Waals surface area contributed by atoms with E-state index in [1.807, 2.05) is 55.5 Å². The molecule has 0 bridgehead atoms. The number of benzene rings is 2. The average Bonchev–Trinajstić information content (AvgIpc) is 3.03. The van der Waals surface area contributed by atoms with Gasteiger partial charge >= 0.3 is 5.97 Å². The first kappa shape index (κ1) is 21.0. The molecule has 0 aliphatic heterocycles. The SMILES string of the molecule is COC(=O)c1c(NC(=S)Nc2ccccc2C(C)C)sc(C)c1-c1ccccc1. The average molecular weight is 425 g/mol. The van der Waals surface area contributed by atoms with Crippen LogP contribution in [0.3, 0.4) is 0 Å². The highest BCUT2D eigenvalue weighted by Crippen LogP contribution is 2.40. The van der Waals surface area contributed by atoms with Crippen molar-refractivity contribution in [2.24, 2.45) is 0 Å². The predicted octanol–water partition coefficient (Wildman–Crippen LogP) is 6.44. The van der Waals surface area contributed by atoms with Crippen molar-refractivity contribution in [3.05, 3.63) is 70.6 Å². The summed E-state index contributed by atoms with van der Waals surface area (Å²) in [5, 5.41) is 7.59. The lowest BCUT2D eigenvalue weighted by atomic mass is 10.0. The van der Waals surface area contributed by atoms with Crippen LogP contribution in [0.2, 0.25) is 0 Å². The third-order valence-electron chi connectivity index (χ3n) is 4.59. The first-order valence-electron chi connectivity index (χ1n) is 9.36. The van der Waals surface area contributed by atoms with Gasteiger partial charge in [-0.15, -0.1) is 11.3 Å². The molecule has 0 aliphatic rings. The van der Waals surface area contributed by atoms with Crippen molar-refractivity contribution in [3.8, 4) is 11.1 Å². The maximum Gasteiger partial charge on any atom is 0.341 e. The van der Waals surface area contributed by atoms with Gasteiger partial charge in [-0.1, -0.05) is 62.4 Å². The standard InChI is InChI=1S/C23H24N2O2S2/c1-14(2)17-12-8-9-13-18(17)24-23(28)25-21-20(22(26)27-4)19(15(3)29-21)16-10-6-5-7-11-16/h5-14H,1-4H3,(H2,24,25,28). The number of aryl methyl sites for hydroxylation is 1. The zero-order valence-corrected chi connectivity index (χ0v) is 18.5. The number of carbonyl (C=O) groups is 1. The minimum atomic E-state index is -0.388. The number of anilines is 2. The lowest BCUT2D eigenvalue weighted by Gasteiger charge is -2.16. The topological polar surface area (TPSA) is 50.4 Å². The highest BCUT2D eigenvalue weighted by molar-refractivity contribution is 7.80. The number of esters is 1. The fourth-order valence-corrected chi connectivity index (χ4v) is 4.60. The molecule has 0 radical (unpaired) electrons. The molecule has 0 unspecified atom stereocenters. The van der Waals surface area contributed by atoms with E-state index in [1.165, 1.54) is 24.0 Å². The number of hydrogen-bond acceptors (Lipinski definition) is 4. The monoisotopic (exact) mass is 424 g/mol. The van der Waals surface area contributed by atoms with E-state index in [1.54, 1.807) is 0 Å². The predicted molar refractivity (Wildman–Crippen MR) is 126 cm³/mol. The molecule has 0 saturated heterocycles. The maximum absolute atomic E-state index is 12.6. The Morgan fingerprint density at radius 1 is 1.03 bits per heavy atom. The number of rotatable bonds is 5. The van der Waals surface area contributed by atoms with Crippen molar-refractivity contribution in [3.63, 3.8) is 0 Å². The molecule has 0 fully saturated rings. The van der Waals surface area contributed by atoms with E-state index in [4.69, 9.17) is 17.0 Å². The molecule has 0 spiro atoms. The number of thiophene rings is 1. The van der Waals surface area contributed by atoms with Crippen LogP contribution in [0.5, 0.6) is 0 Å². The van der Waals surface area contributed by atoms with Crippen LogP contribution in [0, 0.1) is 6.92 Å². The van der Waals surface area contributed by atoms with Gasteiger partial charge in [-0.25, -0.2) is 4.79 Å². The minimum Gasteiger partial charge on any atom is -0.465 e. The molecule has 1 aromatic heterocycles. The maximum atomic E-state index is 12.6. The van der Waals surface area contributed by atoms with Gasteiger partial charge in [0.2, 0.25) is 0 Å². The van der Waals surface area contributed by atoms with Gasteiger partial charge in [-0.3, -0.25) is 0 Å². The van der Waals surface area contributed by atoms with E-state index in [9.17, 15) is 4.79 Å². The summed E-state index contributed by atoms with van der Waals surface area (Å²) in [7, 11) is 1.39. The van der Waals surface area contributed by atoms with Crippen molar-refractivity contribution < 1.29 is 9.53 Å². The Kier molecular flexibility index (Phi) is 6.67. The third-order valence-corrected chi connectivity index (χ3v) is 5.82. The molecule has 1 heterocycles. The fraction of sp³-hybridized carbons (Fsp3) is 0.217. The normalized spacial score (nSPS) is 10.7. The smallest absolute Gasteiger partial charge is 0.341 e. The van der Waals surface area contributed by atoms with Crippen molar-refractivity contribution in [1.82, 2.24) is 0 Å². The van der Waals surface area contributed by atoms with Gasteiger partial charge in [0, 0.05) is 16.1 Å². The van der Waals surface area contributed by atoms with Gasteiger partial charge in [-0.05, 0) is 42.3 Å². The number of carbonyl (C=O) groups excluding carboxylic acids is 1. The molecule has 2 N–H and O–H groups in total. The zero-order valence-electron chi connectivity index (χ0n) is 16.9. The summed E-state index contributed by atoms with van der Waals surface area (Å²) in [4.78, 5) is 13.6. The Balaban J connectivity index is 1.94. The number of methoxy groups -OCH3 is 1. The minimum absolute atomic E-state index is 0.362. The molecule has 0 aliphatic carbocycles. The Morgan fingerprint density at radius 3 is 2.34 bits per heavy atom. The summed E-state index contributed by atoms with van der Waals surface area (Å²) in [6, 6.07) is 17.9. The molecular formula is C23H24N2O2S2. The fourth-order valence-electron chi connectivity index (χ4n) is 3.25. The first-order valence-corrected chi connectivity index (χ1v) is 10.6. The lowest BCUT2D eigenvalue weighted by Crippen LogP contribution is -2.21. The molecular weight excluding hydrogens is 400 g/mol. The zero-order chi connectivity index (χ0) is 21.0. The van der Waals surface area contributed by atoms with Crippen LogP contribution in [0.25, 0.3) is 11.1 Å². The summed E-state index contributed by atoms with van der Waals surface area (Å²) in [5.41, 5.74) is 4.48. The van der Waals surface area contributed by atoms with Gasteiger partial charge in [0.25, 0.3) is 0 Å². The van der Waals surface area contributed by atoms with E-state index in [-0.39, 0.29) is 5.97 Å². The Hall–Kier alpha value is -2.70. The van der Waals surface area contributed by atoms with E-state index >= 15 is 0 Å². The van der Waals surface area contributed by atoms with Crippen LogP contribution in [-0.2, 0) is 4.74 Å². The second-order valence-corrected chi connectivity index (χ2v) is 8.55. The third kappa shape index (κ3) is 4.66. The van der Waals surface area contributed by atoms with Crippen LogP contribution in [-0.4, -0.2) is 18.2 Å². The van der Waals surface area contributed by atoms with Gasteiger partial charge in [0.05, 0.1) is 7.11 Å². The molecule has 2 aromatic carbocycles. The summed E-state index contributed by atoms with van der Waals surface area (Å²) < 4.78 is 5.07. The van der Waals surface area contributed by atoms with Crippen molar-refractivity contribution in [1.29, 1.82) is 0 Å². The number of ether oxygens (including phenoxy) is 1. The van der Waals surface area contributed by atoms with Crippen LogP contribution in [0.15, 0.2) is 54.6 Å². The van der Waals surface area contributed by atoms with Crippen LogP contribution in [0.4, 0.5) is 10.7 Å². The number of nitrogens with one attached hydrogen (secondary N) is 2. The van der Waals surface area contributed by atoms with E-state index < -0.39 is 0 Å². The van der Waals surface area contributed by atoms with Gasteiger partial charge in [0.15, 0.2) is 5.11 Å². The van der Waals surface area contributed by atoms with Gasteiger partial charge in [0.1, 0.15) is 10.6 Å². The van der Waals surface area contributed by atoms with Crippen molar-refractivity contribution in [2.45, 2.75) is 26.7 Å². The highest BCUT2D eigenvalue weighted by Gasteiger charge is 2.24. The summed E-state index contributed by atoms with van der Waals surface area (Å²) in [6.07, 6.45) is 0. The second kappa shape index (κ2) is 9.20.